The van der Waals surface area contributed by atoms with Crippen LogP contribution in [0.2, 0.25) is 5.02 Å². The van der Waals surface area contributed by atoms with Crippen molar-refractivity contribution in [2.24, 2.45) is 5.41 Å². The Morgan fingerprint density at radius 3 is 2.38 bits per heavy atom. The molecule has 166 valence electrons. The molecule has 1 saturated heterocycles. The van der Waals surface area contributed by atoms with Gasteiger partial charge in [0.1, 0.15) is 11.8 Å². The SMILES string of the molecule is COc1ccccc1[C@@H]1[C@H](C(=O)c2ccc(Cl)cc2)N2c3ccccc3C=C[C@@H]2C1(C#N)C#N. The number of ketones is 1. The maximum atomic E-state index is 14.2. The van der Waals surface area contributed by atoms with Crippen LogP contribution in [0, 0.1) is 28.1 Å². The lowest BCUT2D eigenvalue weighted by molar-refractivity contribution is 0.0950. The maximum absolute atomic E-state index is 14.2. The first-order chi connectivity index (χ1) is 16.6. The number of carbonyl (C=O) groups is 1. The first kappa shape index (κ1) is 21.8. The summed E-state index contributed by atoms with van der Waals surface area (Å²) in [7, 11) is 1.55. The molecule has 0 radical (unpaired) electrons. The second-order valence-electron chi connectivity index (χ2n) is 8.40. The van der Waals surface area contributed by atoms with Gasteiger partial charge in [-0.05, 0) is 42.0 Å². The smallest absolute Gasteiger partial charge is 0.185 e. The molecule has 0 aliphatic carbocycles. The fraction of sp³-hybridized carbons (Fsp3) is 0.179. The van der Waals surface area contributed by atoms with Crippen LogP contribution in [-0.4, -0.2) is 25.0 Å². The molecule has 34 heavy (non-hydrogen) atoms. The number of halogens is 1. The highest BCUT2D eigenvalue weighted by Gasteiger charge is 2.63. The monoisotopic (exact) mass is 465 g/mol. The molecule has 0 spiro atoms. The molecule has 0 bridgehead atoms. The predicted octanol–water partition coefficient (Wildman–Crippen LogP) is 5.63. The third-order valence-corrected chi connectivity index (χ3v) is 7.04. The van der Waals surface area contributed by atoms with Gasteiger partial charge in [0.25, 0.3) is 0 Å². The lowest BCUT2D eigenvalue weighted by Gasteiger charge is -2.35. The third-order valence-electron chi connectivity index (χ3n) is 6.79. The summed E-state index contributed by atoms with van der Waals surface area (Å²) in [6.45, 7) is 0. The van der Waals surface area contributed by atoms with Crippen LogP contribution in [0.4, 0.5) is 5.69 Å². The second kappa shape index (κ2) is 8.37. The Kier molecular flexibility index (Phi) is 5.36. The Balaban J connectivity index is 1.81. The van der Waals surface area contributed by atoms with Crippen molar-refractivity contribution in [2.45, 2.75) is 18.0 Å². The standard InChI is InChI=1S/C28H20ClN3O2/c1-34-23-9-5-3-7-21(23)25-26(27(33)19-10-13-20(29)14-11-19)32-22-8-4-2-6-18(22)12-15-24(32)28(25,16-30)17-31/h2-15,24-26H,1H3/t24-,25-,26-/m1/s1. The van der Waals surface area contributed by atoms with Gasteiger partial charge in [0.2, 0.25) is 0 Å². The number of benzene rings is 3. The average molecular weight is 466 g/mol. The molecule has 5 rings (SSSR count). The minimum atomic E-state index is -1.52. The van der Waals surface area contributed by atoms with E-state index in [0.29, 0.717) is 21.9 Å². The van der Waals surface area contributed by atoms with Gasteiger partial charge in [0, 0.05) is 27.8 Å². The second-order valence-corrected chi connectivity index (χ2v) is 8.83. The number of carbonyl (C=O) groups excluding carboxylic acids is 1. The number of hydrogen-bond acceptors (Lipinski definition) is 5. The molecule has 0 aromatic heterocycles. The van der Waals surface area contributed by atoms with Crippen molar-refractivity contribution in [1.29, 1.82) is 10.5 Å². The number of anilines is 1. The Bertz CT molecular complexity index is 1370. The van der Waals surface area contributed by atoms with Crippen LogP contribution >= 0.6 is 11.6 Å². The minimum absolute atomic E-state index is 0.185. The number of para-hydroxylation sites is 2. The van der Waals surface area contributed by atoms with Crippen LogP contribution in [-0.2, 0) is 0 Å². The van der Waals surface area contributed by atoms with E-state index in [1.54, 1.807) is 37.4 Å². The zero-order chi connectivity index (χ0) is 23.9. The number of nitrogens with zero attached hydrogens (tertiary/aromatic N) is 3. The summed E-state index contributed by atoms with van der Waals surface area (Å²) in [6.07, 6.45) is 3.79. The van der Waals surface area contributed by atoms with Crippen molar-refractivity contribution in [3.8, 4) is 17.9 Å². The first-order valence-corrected chi connectivity index (χ1v) is 11.2. The van der Waals surface area contributed by atoms with Crippen LogP contribution in [0.25, 0.3) is 6.08 Å². The molecule has 2 aliphatic rings. The zero-order valence-electron chi connectivity index (χ0n) is 18.4. The number of nitriles is 2. The Hall–Kier alpha value is -4.06. The van der Waals surface area contributed by atoms with E-state index in [9.17, 15) is 15.3 Å². The third kappa shape index (κ3) is 3.10. The normalized spacial score (nSPS) is 21.6. The molecule has 3 aromatic rings. The molecule has 6 heteroatoms. The Morgan fingerprint density at radius 2 is 1.68 bits per heavy atom. The highest BCUT2D eigenvalue weighted by molar-refractivity contribution is 6.30. The van der Waals surface area contributed by atoms with E-state index in [4.69, 9.17) is 16.3 Å². The number of rotatable bonds is 4. The molecule has 0 unspecified atom stereocenters. The number of ether oxygens (including phenoxy) is 1. The van der Waals surface area contributed by atoms with Crippen LogP contribution < -0.4 is 9.64 Å². The van der Waals surface area contributed by atoms with Gasteiger partial charge in [-0.2, -0.15) is 10.5 Å². The van der Waals surface area contributed by atoms with Crippen molar-refractivity contribution in [1.82, 2.24) is 0 Å². The van der Waals surface area contributed by atoms with Gasteiger partial charge in [-0.3, -0.25) is 4.79 Å². The highest BCUT2D eigenvalue weighted by atomic mass is 35.5. The summed E-state index contributed by atoms with van der Waals surface area (Å²) < 4.78 is 5.63. The summed E-state index contributed by atoms with van der Waals surface area (Å²) in [5.41, 5.74) is 1.34. The van der Waals surface area contributed by atoms with E-state index in [0.717, 1.165) is 11.3 Å². The number of Topliss-reactive ketones (excluding diaryl/α,β-unsaturated/α-hetero) is 1. The molecule has 0 N–H and O–H groups in total. The summed E-state index contributed by atoms with van der Waals surface area (Å²) in [5.74, 6) is -0.411. The molecular formula is C28H20ClN3O2. The van der Waals surface area contributed by atoms with Gasteiger partial charge >= 0.3 is 0 Å². The number of hydrogen-bond donors (Lipinski definition) is 0. The van der Waals surface area contributed by atoms with E-state index in [-0.39, 0.29) is 5.78 Å². The first-order valence-electron chi connectivity index (χ1n) is 10.9. The van der Waals surface area contributed by atoms with Crippen molar-refractivity contribution in [3.63, 3.8) is 0 Å². The molecule has 3 aromatic carbocycles. The van der Waals surface area contributed by atoms with Crippen molar-refractivity contribution < 1.29 is 9.53 Å². The lowest BCUT2D eigenvalue weighted by atomic mass is 9.69. The predicted molar refractivity (Wildman–Crippen MR) is 131 cm³/mol. The van der Waals surface area contributed by atoms with Gasteiger partial charge in [-0.15, -0.1) is 0 Å². The molecule has 0 saturated carbocycles. The van der Waals surface area contributed by atoms with Crippen LogP contribution in [0.5, 0.6) is 5.75 Å². The molecule has 2 heterocycles. The molecular weight excluding hydrogens is 446 g/mol. The maximum Gasteiger partial charge on any atom is 0.185 e. The average Bonchev–Trinajstić information content (AvgIpc) is 3.19. The van der Waals surface area contributed by atoms with Crippen molar-refractivity contribution in [3.05, 3.63) is 101 Å². The molecule has 0 amide bonds. The fourth-order valence-corrected chi connectivity index (χ4v) is 5.41. The van der Waals surface area contributed by atoms with E-state index in [1.165, 1.54) is 0 Å². The molecule has 5 nitrogen and oxygen atoms in total. The quantitative estimate of drug-likeness (QED) is 0.466. The Labute approximate surface area is 203 Å². The van der Waals surface area contributed by atoms with E-state index in [2.05, 4.69) is 12.1 Å². The summed E-state index contributed by atoms with van der Waals surface area (Å²) >= 11 is 6.07. The van der Waals surface area contributed by atoms with Crippen molar-refractivity contribution >= 4 is 29.1 Å². The highest BCUT2D eigenvalue weighted by Crippen LogP contribution is 2.56. The summed E-state index contributed by atoms with van der Waals surface area (Å²) in [4.78, 5) is 16.1. The van der Waals surface area contributed by atoms with Gasteiger partial charge in [0.05, 0.1) is 25.3 Å². The van der Waals surface area contributed by atoms with E-state index >= 15 is 0 Å². The van der Waals surface area contributed by atoms with E-state index < -0.39 is 23.4 Å². The molecule has 1 fully saturated rings. The summed E-state index contributed by atoms with van der Waals surface area (Å²) in [6, 6.07) is 24.9. The zero-order valence-corrected chi connectivity index (χ0v) is 19.1. The Morgan fingerprint density at radius 1 is 1.00 bits per heavy atom. The van der Waals surface area contributed by atoms with Gasteiger partial charge in [0.15, 0.2) is 11.2 Å². The topological polar surface area (TPSA) is 77.1 Å². The van der Waals surface area contributed by atoms with Crippen LogP contribution in [0.1, 0.15) is 27.4 Å². The van der Waals surface area contributed by atoms with Gasteiger partial charge in [-0.25, -0.2) is 0 Å². The molecule has 3 atom stereocenters. The lowest BCUT2D eigenvalue weighted by Crippen LogP contribution is -2.44. The van der Waals surface area contributed by atoms with Crippen LogP contribution in [0.3, 0.4) is 0 Å². The summed E-state index contributed by atoms with van der Waals surface area (Å²) in [5, 5.41) is 21.5. The largest absolute Gasteiger partial charge is 0.496 e. The van der Waals surface area contributed by atoms with Crippen LogP contribution in [0.15, 0.2) is 78.9 Å². The minimum Gasteiger partial charge on any atom is -0.496 e. The molecule has 2 aliphatic heterocycles. The van der Waals surface area contributed by atoms with E-state index in [1.807, 2.05) is 59.5 Å². The van der Waals surface area contributed by atoms with Gasteiger partial charge < -0.3 is 9.64 Å². The fourth-order valence-electron chi connectivity index (χ4n) is 5.29. The van der Waals surface area contributed by atoms with Gasteiger partial charge in [-0.1, -0.05) is 60.2 Å². The van der Waals surface area contributed by atoms with Crippen molar-refractivity contribution in [2.75, 3.05) is 12.0 Å². The number of fused-ring (bicyclic) bond motifs is 3. The number of methoxy groups -OCH3 is 1.